The molecule has 1 fully saturated rings. The summed E-state index contributed by atoms with van der Waals surface area (Å²) in [5.74, 6) is 2.47. The zero-order valence-electron chi connectivity index (χ0n) is 10.1. The van der Waals surface area contributed by atoms with E-state index in [0.29, 0.717) is 0 Å². The molecule has 1 aromatic heterocycles. The van der Waals surface area contributed by atoms with E-state index in [9.17, 15) is 4.21 Å². The van der Waals surface area contributed by atoms with Crippen LogP contribution < -0.4 is 10.2 Å². The van der Waals surface area contributed by atoms with E-state index in [0.717, 1.165) is 49.1 Å². The molecule has 2 heterocycles. The van der Waals surface area contributed by atoms with Crippen molar-refractivity contribution in [2.24, 2.45) is 0 Å². The highest BCUT2D eigenvalue weighted by Gasteiger charge is 2.18. The molecule has 0 bridgehead atoms. The molecular formula is C11H18N4OS. The molecule has 5 nitrogen and oxygen atoms in total. The SMILES string of the molecule is CCNCc1cncnc1N1CCS(=O)CC1. The Morgan fingerprint density at radius 1 is 1.47 bits per heavy atom. The van der Waals surface area contributed by atoms with Crippen molar-refractivity contribution in [3.05, 3.63) is 18.1 Å². The first-order valence-corrected chi connectivity index (χ1v) is 7.39. The minimum atomic E-state index is -0.647. The average molecular weight is 254 g/mol. The van der Waals surface area contributed by atoms with Gasteiger partial charge in [-0.25, -0.2) is 9.97 Å². The Morgan fingerprint density at radius 2 is 2.24 bits per heavy atom. The van der Waals surface area contributed by atoms with Gasteiger partial charge in [-0.2, -0.15) is 0 Å². The number of nitrogens with zero attached hydrogens (tertiary/aromatic N) is 3. The molecule has 1 N–H and O–H groups in total. The minimum Gasteiger partial charge on any atom is -0.354 e. The summed E-state index contributed by atoms with van der Waals surface area (Å²) in [5.41, 5.74) is 1.11. The molecule has 2 rings (SSSR count). The molecule has 1 aliphatic heterocycles. The van der Waals surface area contributed by atoms with E-state index in [2.05, 4.69) is 27.1 Å². The highest BCUT2D eigenvalue weighted by Crippen LogP contribution is 2.17. The molecule has 0 aliphatic carbocycles. The molecule has 0 amide bonds. The Morgan fingerprint density at radius 3 is 2.94 bits per heavy atom. The highest BCUT2D eigenvalue weighted by atomic mass is 32.2. The van der Waals surface area contributed by atoms with Crippen LogP contribution in [0.4, 0.5) is 5.82 Å². The van der Waals surface area contributed by atoms with Gasteiger partial charge in [-0.3, -0.25) is 4.21 Å². The van der Waals surface area contributed by atoms with Crippen LogP contribution in [0.25, 0.3) is 0 Å². The van der Waals surface area contributed by atoms with E-state index in [-0.39, 0.29) is 0 Å². The quantitative estimate of drug-likeness (QED) is 0.829. The zero-order chi connectivity index (χ0) is 12.1. The Kier molecular flexibility index (Phi) is 4.44. The van der Waals surface area contributed by atoms with Gasteiger partial charge in [0, 0.05) is 53.7 Å². The van der Waals surface area contributed by atoms with Crippen LogP contribution in [0.3, 0.4) is 0 Å². The second kappa shape index (κ2) is 6.07. The van der Waals surface area contributed by atoms with Crippen molar-refractivity contribution in [3.63, 3.8) is 0 Å². The van der Waals surface area contributed by atoms with Crippen LogP contribution >= 0.6 is 0 Å². The number of hydrogen-bond acceptors (Lipinski definition) is 5. The maximum absolute atomic E-state index is 11.3. The second-order valence-electron chi connectivity index (χ2n) is 3.99. The first kappa shape index (κ1) is 12.4. The third kappa shape index (κ3) is 3.23. The molecule has 6 heteroatoms. The largest absolute Gasteiger partial charge is 0.354 e. The number of nitrogens with one attached hydrogen (secondary N) is 1. The van der Waals surface area contributed by atoms with E-state index < -0.39 is 10.8 Å². The summed E-state index contributed by atoms with van der Waals surface area (Å²) in [6.07, 6.45) is 3.44. The fourth-order valence-electron chi connectivity index (χ4n) is 1.87. The van der Waals surface area contributed by atoms with Gasteiger partial charge in [0.2, 0.25) is 0 Å². The number of anilines is 1. The molecule has 1 saturated heterocycles. The van der Waals surface area contributed by atoms with Crippen LogP contribution in [0.1, 0.15) is 12.5 Å². The lowest BCUT2D eigenvalue weighted by Crippen LogP contribution is -2.39. The average Bonchev–Trinajstić information content (AvgIpc) is 2.38. The topological polar surface area (TPSA) is 58.1 Å². The summed E-state index contributed by atoms with van der Waals surface area (Å²) in [7, 11) is -0.647. The Hall–Kier alpha value is -1.01. The lowest BCUT2D eigenvalue weighted by Gasteiger charge is -2.28. The van der Waals surface area contributed by atoms with Crippen molar-refractivity contribution < 1.29 is 4.21 Å². The molecule has 0 atom stereocenters. The molecule has 94 valence electrons. The molecule has 17 heavy (non-hydrogen) atoms. The van der Waals surface area contributed by atoms with Crippen molar-refractivity contribution >= 4 is 16.6 Å². The van der Waals surface area contributed by atoms with Crippen LogP contribution in [-0.2, 0) is 17.3 Å². The molecule has 0 spiro atoms. The van der Waals surface area contributed by atoms with Crippen LogP contribution in [0.5, 0.6) is 0 Å². The van der Waals surface area contributed by atoms with Gasteiger partial charge in [-0.05, 0) is 6.54 Å². The fraction of sp³-hybridized carbons (Fsp3) is 0.636. The fourth-order valence-corrected chi connectivity index (χ4v) is 2.92. The summed E-state index contributed by atoms with van der Waals surface area (Å²) in [6.45, 7) is 5.43. The zero-order valence-corrected chi connectivity index (χ0v) is 10.9. The van der Waals surface area contributed by atoms with Crippen molar-refractivity contribution in [2.75, 3.05) is 36.0 Å². The van der Waals surface area contributed by atoms with E-state index in [4.69, 9.17) is 0 Å². The summed E-state index contributed by atoms with van der Waals surface area (Å²) < 4.78 is 11.3. The highest BCUT2D eigenvalue weighted by molar-refractivity contribution is 7.85. The first-order valence-electron chi connectivity index (χ1n) is 5.90. The maximum atomic E-state index is 11.3. The predicted molar refractivity (Wildman–Crippen MR) is 69.5 cm³/mol. The monoisotopic (exact) mass is 254 g/mol. The molecule has 1 aromatic rings. The van der Waals surface area contributed by atoms with Gasteiger partial charge in [0.05, 0.1) is 0 Å². The third-order valence-corrected chi connectivity index (χ3v) is 4.08. The van der Waals surface area contributed by atoms with Crippen molar-refractivity contribution in [1.82, 2.24) is 15.3 Å². The first-order chi connectivity index (χ1) is 8.31. The van der Waals surface area contributed by atoms with Gasteiger partial charge in [0.1, 0.15) is 12.1 Å². The Bertz CT molecular complexity index is 389. The number of rotatable bonds is 4. The minimum absolute atomic E-state index is 0.647. The molecule has 0 aromatic carbocycles. The van der Waals surface area contributed by atoms with Gasteiger partial charge in [-0.1, -0.05) is 6.92 Å². The Labute approximate surface area is 104 Å². The number of hydrogen-bond donors (Lipinski definition) is 1. The van der Waals surface area contributed by atoms with Gasteiger partial charge in [0.15, 0.2) is 0 Å². The predicted octanol–water partition coefficient (Wildman–Crippen LogP) is 0.155. The summed E-state index contributed by atoms with van der Waals surface area (Å²) >= 11 is 0. The van der Waals surface area contributed by atoms with Gasteiger partial charge < -0.3 is 10.2 Å². The van der Waals surface area contributed by atoms with Gasteiger partial charge >= 0.3 is 0 Å². The normalized spacial score (nSPS) is 17.4. The van der Waals surface area contributed by atoms with E-state index in [1.54, 1.807) is 6.33 Å². The van der Waals surface area contributed by atoms with Crippen LogP contribution in [0.15, 0.2) is 12.5 Å². The van der Waals surface area contributed by atoms with Gasteiger partial charge in [0.25, 0.3) is 0 Å². The van der Waals surface area contributed by atoms with Crippen LogP contribution in [-0.4, -0.2) is 45.3 Å². The summed E-state index contributed by atoms with van der Waals surface area (Å²) in [6, 6.07) is 0. The molecular weight excluding hydrogens is 236 g/mol. The summed E-state index contributed by atoms with van der Waals surface area (Å²) in [5, 5.41) is 3.29. The standard InChI is InChI=1S/C11H18N4OS/c1-2-12-7-10-8-13-9-14-11(10)15-3-5-17(16)6-4-15/h8-9,12H,2-7H2,1H3. The van der Waals surface area contributed by atoms with Crippen LogP contribution in [0, 0.1) is 0 Å². The lowest BCUT2D eigenvalue weighted by molar-refractivity contribution is 0.670. The van der Waals surface area contributed by atoms with E-state index >= 15 is 0 Å². The Balaban J connectivity index is 2.10. The number of aromatic nitrogens is 2. The third-order valence-electron chi connectivity index (χ3n) is 2.81. The molecule has 0 saturated carbocycles. The van der Waals surface area contributed by atoms with Crippen molar-refractivity contribution in [3.8, 4) is 0 Å². The van der Waals surface area contributed by atoms with E-state index in [1.165, 1.54) is 0 Å². The molecule has 0 unspecified atom stereocenters. The van der Waals surface area contributed by atoms with Crippen LogP contribution in [0.2, 0.25) is 0 Å². The second-order valence-corrected chi connectivity index (χ2v) is 5.68. The van der Waals surface area contributed by atoms with Gasteiger partial charge in [-0.15, -0.1) is 0 Å². The lowest BCUT2D eigenvalue weighted by atomic mass is 10.2. The van der Waals surface area contributed by atoms with Crippen molar-refractivity contribution in [2.45, 2.75) is 13.5 Å². The van der Waals surface area contributed by atoms with Crippen molar-refractivity contribution in [1.29, 1.82) is 0 Å². The molecule has 1 aliphatic rings. The summed E-state index contributed by atoms with van der Waals surface area (Å²) in [4.78, 5) is 10.6. The molecule has 0 radical (unpaired) electrons. The smallest absolute Gasteiger partial charge is 0.136 e. The van der Waals surface area contributed by atoms with E-state index in [1.807, 2.05) is 6.20 Å². The maximum Gasteiger partial charge on any atom is 0.136 e.